The molecule has 0 saturated carbocycles. The van der Waals surface area contributed by atoms with Crippen molar-refractivity contribution in [3.8, 4) is 0 Å². The van der Waals surface area contributed by atoms with E-state index in [0.29, 0.717) is 11.1 Å². The van der Waals surface area contributed by atoms with E-state index in [1.54, 1.807) is 24.3 Å². The molecule has 0 radical (unpaired) electrons. The molecule has 2 rings (SSSR count). The minimum atomic E-state index is -4.46. The van der Waals surface area contributed by atoms with E-state index in [9.17, 15) is 18.0 Å². The third-order valence-electron chi connectivity index (χ3n) is 3.80. The summed E-state index contributed by atoms with van der Waals surface area (Å²) < 4.78 is 43.2. The summed E-state index contributed by atoms with van der Waals surface area (Å²) in [6.45, 7) is 3.65. The highest BCUT2D eigenvalue weighted by atomic mass is 19.4. The van der Waals surface area contributed by atoms with Gasteiger partial charge in [0.1, 0.15) is 13.7 Å². The Labute approximate surface area is 165 Å². The number of carbonyl (C=O) groups is 1. The van der Waals surface area contributed by atoms with Crippen LogP contribution in [0.3, 0.4) is 0 Å². The van der Waals surface area contributed by atoms with Crippen LogP contribution in [0.2, 0.25) is 0 Å². The topological polar surface area (TPSA) is 69.1 Å². The first-order valence-corrected chi connectivity index (χ1v) is 8.30. The number of esters is 1. The molecular weight excluding hydrogens is 389 g/mol. The van der Waals surface area contributed by atoms with Gasteiger partial charge in [0.05, 0.1) is 18.4 Å². The van der Waals surface area contributed by atoms with Crippen LogP contribution in [0.25, 0.3) is 5.70 Å². The number of rotatable bonds is 8. The van der Waals surface area contributed by atoms with Gasteiger partial charge in [0.2, 0.25) is 0 Å². The number of ether oxygens (including phenoxy) is 1. The maximum atomic E-state index is 12.8. The van der Waals surface area contributed by atoms with Gasteiger partial charge in [-0.25, -0.2) is 4.79 Å². The molecule has 29 heavy (non-hydrogen) atoms. The van der Waals surface area contributed by atoms with Gasteiger partial charge in [-0.2, -0.15) is 13.2 Å². The molecule has 6 nitrogen and oxygen atoms in total. The van der Waals surface area contributed by atoms with Gasteiger partial charge in [-0.05, 0) is 23.3 Å². The Hall–Kier alpha value is -3.33. The van der Waals surface area contributed by atoms with E-state index in [2.05, 4.69) is 17.2 Å². The van der Waals surface area contributed by atoms with Crippen LogP contribution in [0.15, 0.2) is 60.3 Å². The van der Waals surface area contributed by atoms with Crippen molar-refractivity contribution in [3.05, 3.63) is 77.4 Å². The molecule has 0 spiro atoms. The molecule has 0 aliphatic heterocycles. The van der Waals surface area contributed by atoms with Crippen molar-refractivity contribution < 1.29 is 32.4 Å². The summed E-state index contributed by atoms with van der Waals surface area (Å²) >= 11 is 0. The first kappa shape index (κ1) is 22.0. The summed E-state index contributed by atoms with van der Waals surface area (Å²) in [6.07, 6.45) is -4.46. The first-order valence-electron chi connectivity index (χ1n) is 8.30. The van der Waals surface area contributed by atoms with Crippen LogP contribution in [-0.4, -0.2) is 25.9 Å². The van der Waals surface area contributed by atoms with Crippen molar-refractivity contribution in [3.63, 3.8) is 0 Å². The molecule has 2 aromatic rings. The number of nitrogens with one attached hydrogen (secondary N) is 1. The lowest BCUT2D eigenvalue weighted by Crippen LogP contribution is -2.20. The van der Waals surface area contributed by atoms with Gasteiger partial charge in [0.25, 0.3) is 0 Å². The van der Waals surface area contributed by atoms with Gasteiger partial charge in [-0.3, -0.25) is 10.3 Å². The molecule has 0 atom stereocenters. The molecule has 0 bridgehead atoms. The molecule has 0 aliphatic carbocycles. The van der Waals surface area contributed by atoms with E-state index in [1.165, 1.54) is 26.4 Å². The van der Waals surface area contributed by atoms with Crippen LogP contribution < -0.4 is 5.48 Å². The average Bonchev–Trinajstić information content (AvgIpc) is 2.71. The van der Waals surface area contributed by atoms with Crippen LogP contribution in [0.1, 0.15) is 22.3 Å². The zero-order valence-electron chi connectivity index (χ0n) is 15.7. The number of hydroxylamine groups is 1. The Morgan fingerprint density at radius 1 is 1.14 bits per heavy atom. The second-order valence-corrected chi connectivity index (χ2v) is 5.72. The lowest BCUT2D eigenvalue weighted by atomic mass is 10.0. The molecule has 2 aromatic carbocycles. The van der Waals surface area contributed by atoms with Crippen LogP contribution in [-0.2, 0) is 32.0 Å². The Balaban J connectivity index is 2.11. The van der Waals surface area contributed by atoms with Crippen molar-refractivity contribution in [2.45, 2.75) is 12.8 Å². The lowest BCUT2D eigenvalue weighted by molar-refractivity contribution is -0.137. The summed E-state index contributed by atoms with van der Waals surface area (Å²) in [6, 6.07) is 11.4. The zero-order chi connectivity index (χ0) is 21.4. The van der Waals surface area contributed by atoms with E-state index in [4.69, 9.17) is 14.4 Å². The standard InChI is InChI=1S/C20H19F3N2O4/c1-13(14-8-6-9-16(11-14)20(21,22)23)24-29-12-15-7-4-5-10-17(15)18(25-28-3)19(26)27-2/h4-11,24H,1,12H2,2-3H3/b25-18+. The van der Waals surface area contributed by atoms with Gasteiger partial charge in [0.15, 0.2) is 5.71 Å². The molecule has 154 valence electrons. The average molecular weight is 408 g/mol. The molecule has 0 fully saturated rings. The van der Waals surface area contributed by atoms with Crippen LogP contribution >= 0.6 is 0 Å². The normalized spacial score (nSPS) is 11.7. The summed E-state index contributed by atoms with van der Waals surface area (Å²) in [5.41, 5.74) is 3.04. The van der Waals surface area contributed by atoms with Crippen molar-refractivity contribution in [2.75, 3.05) is 14.2 Å². The van der Waals surface area contributed by atoms with Gasteiger partial charge >= 0.3 is 12.1 Å². The predicted molar refractivity (Wildman–Crippen MR) is 100 cm³/mol. The van der Waals surface area contributed by atoms with Crippen LogP contribution in [0, 0.1) is 0 Å². The highest BCUT2D eigenvalue weighted by Crippen LogP contribution is 2.30. The number of methoxy groups -OCH3 is 1. The maximum absolute atomic E-state index is 12.8. The van der Waals surface area contributed by atoms with Crippen molar-refractivity contribution >= 4 is 17.4 Å². The molecule has 0 saturated heterocycles. The highest BCUT2D eigenvalue weighted by Gasteiger charge is 2.30. The Morgan fingerprint density at radius 3 is 2.52 bits per heavy atom. The second-order valence-electron chi connectivity index (χ2n) is 5.72. The minimum Gasteiger partial charge on any atom is -0.464 e. The van der Waals surface area contributed by atoms with Gasteiger partial charge in [0, 0.05) is 5.56 Å². The molecular formula is C20H19F3N2O4. The number of benzene rings is 2. The third-order valence-corrected chi connectivity index (χ3v) is 3.80. The van der Waals surface area contributed by atoms with E-state index in [-0.39, 0.29) is 23.6 Å². The number of hydrogen-bond donors (Lipinski definition) is 1. The highest BCUT2D eigenvalue weighted by molar-refractivity contribution is 6.43. The third kappa shape index (κ3) is 5.82. The number of carbonyl (C=O) groups excluding carboxylic acids is 1. The Kier molecular flexibility index (Phi) is 7.38. The molecule has 0 amide bonds. The fraction of sp³-hybridized carbons (Fsp3) is 0.200. The first-order chi connectivity index (χ1) is 13.8. The fourth-order valence-corrected chi connectivity index (χ4v) is 2.40. The van der Waals surface area contributed by atoms with Gasteiger partial charge in [-0.15, -0.1) is 0 Å². The van der Waals surface area contributed by atoms with E-state index in [0.717, 1.165) is 12.1 Å². The number of hydrogen-bond acceptors (Lipinski definition) is 6. The van der Waals surface area contributed by atoms with Crippen molar-refractivity contribution in [1.29, 1.82) is 0 Å². The van der Waals surface area contributed by atoms with Crippen LogP contribution in [0.5, 0.6) is 0 Å². The molecule has 1 N–H and O–H groups in total. The smallest absolute Gasteiger partial charge is 0.416 e. The summed E-state index contributed by atoms with van der Waals surface area (Å²) in [5, 5.41) is 3.69. The number of nitrogens with zero attached hydrogens (tertiary/aromatic N) is 1. The SMILES string of the molecule is C=C(NOCc1ccccc1/C(=N\OC)C(=O)OC)c1cccc(C(F)(F)F)c1. The predicted octanol–water partition coefficient (Wildman–Crippen LogP) is 3.92. The number of halogens is 3. The summed E-state index contributed by atoms with van der Waals surface area (Å²) in [5.74, 6) is -0.694. The fourth-order valence-electron chi connectivity index (χ4n) is 2.40. The van der Waals surface area contributed by atoms with E-state index < -0.39 is 17.7 Å². The number of alkyl halides is 3. The summed E-state index contributed by atoms with van der Waals surface area (Å²) in [4.78, 5) is 22.0. The van der Waals surface area contributed by atoms with Gasteiger partial charge < -0.3 is 9.57 Å². The van der Waals surface area contributed by atoms with Crippen molar-refractivity contribution in [2.24, 2.45) is 5.16 Å². The van der Waals surface area contributed by atoms with Crippen LogP contribution in [0.4, 0.5) is 13.2 Å². The summed E-state index contributed by atoms with van der Waals surface area (Å²) in [7, 11) is 2.51. The molecule has 0 heterocycles. The Morgan fingerprint density at radius 2 is 1.86 bits per heavy atom. The van der Waals surface area contributed by atoms with Crippen molar-refractivity contribution in [1.82, 2.24) is 5.48 Å². The van der Waals surface area contributed by atoms with E-state index >= 15 is 0 Å². The largest absolute Gasteiger partial charge is 0.464 e. The quantitative estimate of drug-likeness (QED) is 0.407. The second kappa shape index (κ2) is 9.74. The molecule has 9 heteroatoms. The molecule has 0 unspecified atom stereocenters. The lowest BCUT2D eigenvalue weighted by Gasteiger charge is -2.14. The monoisotopic (exact) mass is 408 g/mol. The molecule has 0 aliphatic rings. The maximum Gasteiger partial charge on any atom is 0.416 e. The minimum absolute atomic E-state index is 0.0338. The number of oxime groups is 1. The van der Waals surface area contributed by atoms with Gasteiger partial charge in [-0.1, -0.05) is 48.1 Å². The van der Waals surface area contributed by atoms with E-state index in [1.807, 2.05) is 0 Å². The zero-order valence-corrected chi connectivity index (χ0v) is 15.7. The molecule has 0 aromatic heterocycles. The Bertz CT molecular complexity index is 911.